The Morgan fingerprint density at radius 1 is 1.17 bits per heavy atom. The van der Waals surface area contributed by atoms with E-state index in [2.05, 4.69) is 25.8 Å². The number of rotatable bonds is 4. The van der Waals surface area contributed by atoms with Crippen LogP contribution in [0.15, 0.2) is 47.0 Å². The molecule has 1 saturated heterocycles. The standard InChI is InChI=1S/C20H18F3N5O2/c1-19(9-3-11-25-17(19)29)18-28-27-16(30-18)14-4-2-10-24-15(14)26-13-7-5-12(6-8-13)20(21,22)23/h2,4-8,10H,3,9,11H2,1H3,(H,24,26)(H,25,29). The fourth-order valence-electron chi connectivity index (χ4n) is 3.27. The number of nitrogens with one attached hydrogen (secondary N) is 2. The maximum absolute atomic E-state index is 12.8. The van der Waals surface area contributed by atoms with Crippen molar-refractivity contribution in [3.63, 3.8) is 0 Å². The molecular weight excluding hydrogens is 399 g/mol. The summed E-state index contributed by atoms with van der Waals surface area (Å²) < 4.78 is 44.1. The Labute approximate surface area is 169 Å². The summed E-state index contributed by atoms with van der Waals surface area (Å²) in [5, 5.41) is 13.9. The number of piperidine rings is 1. The number of halogens is 3. The van der Waals surface area contributed by atoms with Gasteiger partial charge in [0.05, 0.1) is 11.1 Å². The Hall–Kier alpha value is -3.43. The molecule has 0 aliphatic carbocycles. The molecular formula is C20H18F3N5O2. The molecule has 0 bridgehead atoms. The molecule has 156 valence electrons. The largest absolute Gasteiger partial charge is 0.419 e. The number of anilines is 2. The summed E-state index contributed by atoms with van der Waals surface area (Å²) in [5.41, 5.74) is -0.765. The molecule has 0 saturated carbocycles. The Bertz CT molecular complexity index is 1060. The second kappa shape index (κ2) is 7.43. The highest BCUT2D eigenvalue weighted by molar-refractivity contribution is 5.87. The second-order valence-electron chi connectivity index (χ2n) is 7.20. The molecule has 3 heterocycles. The fraction of sp³-hybridized carbons (Fsp3) is 0.300. The number of carbonyl (C=O) groups is 1. The zero-order valence-electron chi connectivity index (χ0n) is 16.0. The predicted octanol–water partition coefficient (Wildman–Crippen LogP) is 4.06. The number of amides is 1. The van der Waals surface area contributed by atoms with E-state index in [9.17, 15) is 18.0 Å². The molecule has 1 atom stereocenters. The highest BCUT2D eigenvalue weighted by atomic mass is 19.4. The van der Waals surface area contributed by atoms with E-state index in [-0.39, 0.29) is 17.7 Å². The minimum Gasteiger partial charge on any atom is -0.419 e. The van der Waals surface area contributed by atoms with E-state index in [1.165, 1.54) is 18.3 Å². The van der Waals surface area contributed by atoms with E-state index in [0.29, 0.717) is 30.0 Å². The molecule has 1 amide bonds. The molecule has 3 aromatic rings. The molecule has 30 heavy (non-hydrogen) atoms. The van der Waals surface area contributed by atoms with Gasteiger partial charge in [-0.3, -0.25) is 4.79 Å². The van der Waals surface area contributed by atoms with Gasteiger partial charge < -0.3 is 15.1 Å². The number of carbonyl (C=O) groups excluding carboxylic acids is 1. The number of benzene rings is 1. The highest BCUT2D eigenvalue weighted by Crippen LogP contribution is 2.35. The first-order valence-corrected chi connectivity index (χ1v) is 9.29. The molecule has 10 heteroatoms. The van der Waals surface area contributed by atoms with Gasteiger partial charge in [-0.1, -0.05) is 0 Å². The van der Waals surface area contributed by atoms with Gasteiger partial charge in [-0.25, -0.2) is 4.98 Å². The van der Waals surface area contributed by atoms with E-state index < -0.39 is 17.2 Å². The van der Waals surface area contributed by atoms with Crippen LogP contribution in [0.2, 0.25) is 0 Å². The van der Waals surface area contributed by atoms with Crippen LogP contribution in [0, 0.1) is 0 Å². The van der Waals surface area contributed by atoms with Crippen LogP contribution in [0.5, 0.6) is 0 Å². The van der Waals surface area contributed by atoms with Crippen LogP contribution in [0.4, 0.5) is 24.7 Å². The van der Waals surface area contributed by atoms with Gasteiger partial charge in [-0.15, -0.1) is 10.2 Å². The summed E-state index contributed by atoms with van der Waals surface area (Å²) in [6.07, 6.45) is -1.49. The average molecular weight is 417 g/mol. The Balaban J connectivity index is 1.61. The van der Waals surface area contributed by atoms with E-state index in [0.717, 1.165) is 18.6 Å². The number of nitrogens with zero attached hydrogens (tertiary/aromatic N) is 3. The number of hydrogen-bond acceptors (Lipinski definition) is 6. The quantitative estimate of drug-likeness (QED) is 0.665. The first kappa shape index (κ1) is 19.9. The first-order chi connectivity index (χ1) is 14.3. The molecule has 1 aliphatic heterocycles. The minimum absolute atomic E-state index is 0.159. The molecule has 1 aliphatic rings. The second-order valence-corrected chi connectivity index (χ2v) is 7.20. The third-order valence-electron chi connectivity index (χ3n) is 5.05. The molecule has 0 spiro atoms. The Morgan fingerprint density at radius 2 is 1.93 bits per heavy atom. The SMILES string of the molecule is CC1(c2nnc(-c3cccnc3Nc3ccc(C(F)(F)F)cc3)o2)CCCNC1=O. The van der Waals surface area contributed by atoms with Crippen LogP contribution in [0.1, 0.15) is 31.2 Å². The van der Waals surface area contributed by atoms with Crippen molar-refractivity contribution in [2.75, 3.05) is 11.9 Å². The Morgan fingerprint density at radius 3 is 2.63 bits per heavy atom. The summed E-state index contributed by atoms with van der Waals surface area (Å²) in [7, 11) is 0. The van der Waals surface area contributed by atoms with Crippen molar-refractivity contribution in [1.29, 1.82) is 0 Å². The van der Waals surface area contributed by atoms with Crippen LogP contribution in [0.3, 0.4) is 0 Å². The highest BCUT2D eigenvalue weighted by Gasteiger charge is 2.42. The average Bonchev–Trinajstić information content (AvgIpc) is 3.21. The summed E-state index contributed by atoms with van der Waals surface area (Å²) in [6.45, 7) is 2.36. The van der Waals surface area contributed by atoms with E-state index in [4.69, 9.17) is 4.42 Å². The van der Waals surface area contributed by atoms with Crippen LogP contribution in [-0.2, 0) is 16.4 Å². The molecule has 7 nitrogen and oxygen atoms in total. The third kappa shape index (κ3) is 3.72. The van der Waals surface area contributed by atoms with Crippen LogP contribution in [-0.4, -0.2) is 27.6 Å². The lowest BCUT2D eigenvalue weighted by Gasteiger charge is -2.28. The molecule has 2 aromatic heterocycles. The zero-order chi connectivity index (χ0) is 21.4. The molecule has 1 aromatic carbocycles. The number of aromatic nitrogens is 3. The lowest BCUT2D eigenvalue weighted by Crippen LogP contribution is -2.47. The minimum atomic E-state index is -4.41. The van der Waals surface area contributed by atoms with Gasteiger partial charge in [0.2, 0.25) is 11.8 Å². The van der Waals surface area contributed by atoms with Gasteiger partial charge in [0.1, 0.15) is 11.2 Å². The van der Waals surface area contributed by atoms with Crippen molar-refractivity contribution < 1.29 is 22.4 Å². The van der Waals surface area contributed by atoms with E-state index in [1.807, 2.05) is 0 Å². The van der Waals surface area contributed by atoms with Crippen molar-refractivity contribution >= 4 is 17.4 Å². The van der Waals surface area contributed by atoms with Crippen molar-refractivity contribution in [2.45, 2.75) is 31.4 Å². The van der Waals surface area contributed by atoms with Gasteiger partial charge in [-0.05, 0) is 56.2 Å². The number of pyridine rings is 1. The first-order valence-electron chi connectivity index (χ1n) is 9.29. The monoisotopic (exact) mass is 417 g/mol. The predicted molar refractivity (Wildman–Crippen MR) is 102 cm³/mol. The zero-order valence-corrected chi connectivity index (χ0v) is 16.0. The maximum Gasteiger partial charge on any atom is 0.416 e. The maximum atomic E-state index is 12.8. The van der Waals surface area contributed by atoms with E-state index in [1.54, 1.807) is 19.1 Å². The topological polar surface area (TPSA) is 92.9 Å². The van der Waals surface area contributed by atoms with Gasteiger partial charge in [0.15, 0.2) is 0 Å². The third-order valence-corrected chi connectivity index (χ3v) is 5.05. The molecule has 0 radical (unpaired) electrons. The molecule has 4 rings (SSSR count). The summed E-state index contributed by atoms with van der Waals surface area (Å²) in [6, 6.07) is 7.96. The summed E-state index contributed by atoms with van der Waals surface area (Å²) in [5.74, 6) is 0.537. The summed E-state index contributed by atoms with van der Waals surface area (Å²) >= 11 is 0. The fourth-order valence-corrected chi connectivity index (χ4v) is 3.27. The van der Waals surface area contributed by atoms with Crippen molar-refractivity contribution in [2.24, 2.45) is 0 Å². The van der Waals surface area contributed by atoms with Crippen LogP contribution in [0.25, 0.3) is 11.5 Å². The lowest BCUT2D eigenvalue weighted by molar-refractivity contribution is -0.137. The molecule has 1 unspecified atom stereocenters. The number of hydrogen-bond donors (Lipinski definition) is 2. The van der Waals surface area contributed by atoms with Crippen LogP contribution >= 0.6 is 0 Å². The van der Waals surface area contributed by atoms with Gasteiger partial charge in [0.25, 0.3) is 5.89 Å². The molecule has 2 N–H and O–H groups in total. The van der Waals surface area contributed by atoms with Crippen molar-refractivity contribution in [1.82, 2.24) is 20.5 Å². The smallest absolute Gasteiger partial charge is 0.416 e. The summed E-state index contributed by atoms with van der Waals surface area (Å²) in [4.78, 5) is 16.6. The van der Waals surface area contributed by atoms with E-state index >= 15 is 0 Å². The lowest BCUT2D eigenvalue weighted by atomic mass is 9.82. The van der Waals surface area contributed by atoms with Gasteiger partial charge in [0, 0.05) is 18.4 Å². The van der Waals surface area contributed by atoms with Crippen LogP contribution < -0.4 is 10.6 Å². The van der Waals surface area contributed by atoms with Gasteiger partial charge >= 0.3 is 6.18 Å². The normalized spacial score (nSPS) is 19.4. The van der Waals surface area contributed by atoms with Crippen molar-refractivity contribution in [3.8, 4) is 11.5 Å². The Kier molecular flexibility index (Phi) is 4.92. The van der Waals surface area contributed by atoms with Crippen molar-refractivity contribution in [3.05, 3.63) is 54.0 Å². The molecule has 1 fully saturated rings. The number of alkyl halides is 3. The van der Waals surface area contributed by atoms with Gasteiger partial charge in [-0.2, -0.15) is 13.2 Å².